The third-order valence-electron chi connectivity index (χ3n) is 4.00. The first-order valence-corrected chi connectivity index (χ1v) is 6.64. The van der Waals surface area contributed by atoms with Crippen LogP contribution in [0.1, 0.15) is 37.0 Å². The van der Waals surface area contributed by atoms with Crippen LogP contribution in [0.5, 0.6) is 0 Å². The van der Waals surface area contributed by atoms with Gasteiger partial charge in [0.25, 0.3) is 0 Å². The smallest absolute Gasteiger partial charge is 0.192 e. The Morgan fingerprint density at radius 2 is 2.06 bits per heavy atom. The van der Waals surface area contributed by atoms with Gasteiger partial charge in [0.1, 0.15) is 0 Å². The fraction of sp³-hybridized carbons (Fsp3) is 0.533. The van der Waals surface area contributed by atoms with Gasteiger partial charge in [-0.1, -0.05) is 25.1 Å². The molecule has 0 amide bonds. The second-order valence-electron chi connectivity index (χ2n) is 5.40. The van der Waals surface area contributed by atoms with E-state index in [1.807, 2.05) is 0 Å². The van der Waals surface area contributed by atoms with Crippen LogP contribution in [-0.2, 0) is 5.54 Å². The highest BCUT2D eigenvalue weighted by molar-refractivity contribution is 5.81. The van der Waals surface area contributed by atoms with Crippen molar-refractivity contribution in [3.63, 3.8) is 0 Å². The van der Waals surface area contributed by atoms with E-state index in [0.717, 1.165) is 19.5 Å². The van der Waals surface area contributed by atoms with Crippen molar-refractivity contribution in [3.05, 3.63) is 34.9 Å². The van der Waals surface area contributed by atoms with Gasteiger partial charge in [-0.05, 0) is 43.9 Å². The summed E-state index contributed by atoms with van der Waals surface area (Å²) in [7, 11) is 0. The first kappa shape index (κ1) is 12.9. The van der Waals surface area contributed by atoms with Gasteiger partial charge in [0.05, 0.1) is 12.1 Å². The Balaban J connectivity index is 2.38. The predicted molar refractivity (Wildman–Crippen MR) is 76.8 cm³/mol. The van der Waals surface area contributed by atoms with Gasteiger partial charge in [0, 0.05) is 6.54 Å². The average Bonchev–Trinajstić information content (AvgIpc) is 2.62. The number of benzene rings is 1. The van der Waals surface area contributed by atoms with Crippen molar-refractivity contribution in [2.45, 2.75) is 39.7 Å². The molecule has 18 heavy (non-hydrogen) atoms. The molecule has 1 aromatic carbocycles. The normalized spacial score (nSPS) is 23.3. The Kier molecular flexibility index (Phi) is 3.33. The number of nitrogens with zero attached hydrogens (tertiary/aromatic N) is 2. The molecule has 3 nitrogen and oxygen atoms in total. The zero-order chi connectivity index (χ0) is 13.3. The number of aliphatic imine (C=N–C) groups is 1. The Bertz CT molecular complexity index is 479. The predicted octanol–water partition coefficient (Wildman–Crippen LogP) is 2.56. The molecule has 3 heteroatoms. The van der Waals surface area contributed by atoms with E-state index >= 15 is 0 Å². The molecule has 1 unspecified atom stereocenters. The van der Waals surface area contributed by atoms with Crippen molar-refractivity contribution >= 4 is 5.96 Å². The van der Waals surface area contributed by atoms with Crippen LogP contribution in [0.2, 0.25) is 0 Å². The summed E-state index contributed by atoms with van der Waals surface area (Å²) < 4.78 is 0. The van der Waals surface area contributed by atoms with Crippen molar-refractivity contribution < 1.29 is 0 Å². The lowest BCUT2D eigenvalue weighted by Gasteiger charge is -2.37. The monoisotopic (exact) mass is 245 g/mol. The zero-order valence-electron chi connectivity index (χ0n) is 11.8. The lowest BCUT2D eigenvalue weighted by atomic mass is 9.89. The van der Waals surface area contributed by atoms with Crippen molar-refractivity contribution in [1.29, 1.82) is 0 Å². The summed E-state index contributed by atoms with van der Waals surface area (Å²) in [5.74, 6) is 0.678. The summed E-state index contributed by atoms with van der Waals surface area (Å²) in [4.78, 5) is 6.67. The summed E-state index contributed by atoms with van der Waals surface area (Å²) in [6, 6.07) is 6.67. The molecule has 0 aliphatic carbocycles. The highest BCUT2D eigenvalue weighted by atomic mass is 15.3. The van der Waals surface area contributed by atoms with E-state index in [2.05, 4.69) is 55.8 Å². The van der Waals surface area contributed by atoms with E-state index < -0.39 is 0 Å². The molecule has 1 atom stereocenters. The van der Waals surface area contributed by atoms with Gasteiger partial charge in [-0.2, -0.15) is 0 Å². The molecule has 1 aromatic rings. The summed E-state index contributed by atoms with van der Waals surface area (Å²) in [6.45, 7) is 10.4. The van der Waals surface area contributed by atoms with Crippen LogP contribution in [-0.4, -0.2) is 23.9 Å². The summed E-state index contributed by atoms with van der Waals surface area (Å²) >= 11 is 0. The van der Waals surface area contributed by atoms with E-state index in [1.165, 1.54) is 16.7 Å². The van der Waals surface area contributed by atoms with Crippen LogP contribution in [0.4, 0.5) is 0 Å². The second-order valence-corrected chi connectivity index (χ2v) is 5.40. The van der Waals surface area contributed by atoms with Crippen LogP contribution in [0, 0.1) is 13.8 Å². The molecule has 1 aliphatic rings. The molecule has 2 rings (SSSR count). The molecule has 2 N–H and O–H groups in total. The largest absolute Gasteiger partial charge is 0.370 e. The SMILES string of the molecule is CCCN1C(N)=NCC1(C)c1ccc(C)c(C)c1. The molecule has 0 radical (unpaired) electrons. The van der Waals surface area contributed by atoms with Crippen molar-refractivity contribution in [3.8, 4) is 0 Å². The molecule has 0 bridgehead atoms. The molecule has 0 fully saturated rings. The Morgan fingerprint density at radius 1 is 1.33 bits per heavy atom. The molecule has 1 heterocycles. The van der Waals surface area contributed by atoms with Crippen molar-refractivity contribution in [2.75, 3.05) is 13.1 Å². The van der Waals surface area contributed by atoms with Crippen LogP contribution >= 0.6 is 0 Å². The van der Waals surface area contributed by atoms with Gasteiger partial charge in [0.15, 0.2) is 5.96 Å². The minimum absolute atomic E-state index is 0.0848. The van der Waals surface area contributed by atoms with E-state index in [1.54, 1.807) is 0 Å². The number of hydrogen-bond donors (Lipinski definition) is 1. The maximum Gasteiger partial charge on any atom is 0.192 e. The van der Waals surface area contributed by atoms with Crippen LogP contribution < -0.4 is 5.73 Å². The van der Waals surface area contributed by atoms with Crippen LogP contribution in [0.25, 0.3) is 0 Å². The van der Waals surface area contributed by atoms with Crippen LogP contribution in [0.15, 0.2) is 23.2 Å². The van der Waals surface area contributed by atoms with Gasteiger partial charge in [0.2, 0.25) is 0 Å². The van der Waals surface area contributed by atoms with Gasteiger partial charge in [-0.15, -0.1) is 0 Å². The number of guanidine groups is 1. The van der Waals surface area contributed by atoms with Crippen molar-refractivity contribution in [2.24, 2.45) is 10.7 Å². The average molecular weight is 245 g/mol. The zero-order valence-corrected chi connectivity index (χ0v) is 11.8. The Labute approximate surface area is 110 Å². The molecule has 0 saturated carbocycles. The molecule has 0 spiro atoms. The third kappa shape index (κ3) is 1.98. The topological polar surface area (TPSA) is 41.6 Å². The second kappa shape index (κ2) is 4.63. The standard InChI is InChI=1S/C15H23N3/c1-5-8-18-14(16)17-10-15(18,4)13-7-6-11(2)12(3)9-13/h6-7,9H,5,8,10H2,1-4H3,(H2,16,17). The molecule has 0 aromatic heterocycles. The Morgan fingerprint density at radius 3 is 2.67 bits per heavy atom. The summed E-state index contributed by atoms with van der Waals surface area (Å²) in [5.41, 5.74) is 9.90. The quantitative estimate of drug-likeness (QED) is 0.889. The minimum Gasteiger partial charge on any atom is -0.370 e. The van der Waals surface area contributed by atoms with Gasteiger partial charge < -0.3 is 10.6 Å². The number of aryl methyl sites for hydroxylation is 2. The van der Waals surface area contributed by atoms with E-state index in [4.69, 9.17) is 5.73 Å². The number of rotatable bonds is 3. The summed E-state index contributed by atoms with van der Waals surface area (Å²) in [5, 5.41) is 0. The fourth-order valence-electron chi connectivity index (χ4n) is 2.57. The highest BCUT2D eigenvalue weighted by Crippen LogP contribution is 2.33. The van der Waals surface area contributed by atoms with Gasteiger partial charge in [-0.3, -0.25) is 4.99 Å². The third-order valence-corrected chi connectivity index (χ3v) is 4.00. The van der Waals surface area contributed by atoms with Gasteiger partial charge >= 0.3 is 0 Å². The molecule has 1 aliphatic heterocycles. The number of hydrogen-bond acceptors (Lipinski definition) is 3. The molecule has 0 saturated heterocycles. The highest BCUT2D eigenvalue weighted by Gasteiger charge is 2.38. The van der Waals surface area contributed by atoms with Crippen LogP contribution in [0.3, 0.4) is 0 Å². The lowest BCUT2D eigenvalue weighted by Crippen LogP contribution is -2.47. The molecule has 98 valence electrons. The number of nitrogens with two attached hydrogens (primary N) is 1. The van der Waals surface area contributed by atoms with Gasteiger partial charge in [-0.25, -0.2) is 0 Å². The first-order valence-electron chi connectivity index (χ1n) is 6.64. The first-order chi connectivity index (χ1) is 8.49. The maximum atomic E-state index is 6.02. The lowest BCUT2D eigenvalue weighted by molar-refractivity contribution is 0.225. The summed E-state index contributed by atoms with van der Waals surface area (Å²) in [6.07, 6.45) is 1.08. The fourth-order valence-corrected chi connectivity index (χ4v) is 2.57. The van der Waals surface area contributed by atoms with E-state index in [0.29, 0.717) is 5.96 Å². The molecular formula is C15H23N3. The molecular weight excluding hydrogens is 222 g/mol. The maximum absolute atomic E-state index is 6.02. The van der Waals surface area contributed by atoms with E-state index in [-0.39, 0.29) is 5.54 Å². The minimum atomic E-state index is -0.0848. The Hall–Kier alpha value is -1.51. The van der Waals surface area contributed by atoms with Crippen molar-refractivity contribution in [1.82, 2.24) is 4.90 Å². The van der Waals surface area contributed by atoms with E-state index in [9.17, 15) is 0 Å².